The van der Waals surface area contributed by atoms with Crippen LogP contribution in [0.1, 0.15) is 12.8 Å². The lowest BCUT2D eigenvalue weighted by atomic mass is 9.98. The molecule has 2 atom stereocenters. The third-order valence-electron chi connectivity index (χ3n) is 3.55. The first kappa shape index (κ1) is 16.3. The Kier molecular flexibility index (Phi) is 5.52. The van der Waals surface area contributed by atoms with Gasteiger partial charge in [-0.05, 0) is 12.8 Å². The van der Waals surface area contributed by atoms with E-state index >= 15 is 0 Å². The average molecular weight is 363 g/mol. The molecule has 0 radical (unpaired) electrons. The maximum absolute atomic E-state index is 11.8. The quantitative estimate of drug-likeness (QED) is 0.367. The van der Waals surface area contributed by atoms with Gasteiger partial charge in [-0.2, -0.15) is 4.98 Å². The lowest BCUT2D eigenvalue weighted by molar-refractivity contribution is -0.844. The van der Waals surface area contributed by atoms with Crippen LogP contribution in [0.5, 0.6) is 0 Å². The molecule has 1 fully saturated rings. The van der Waals surface area contributed by atoms with Crippen molar-refractivity contribution in [3.05, 3.63) is 5.02 Å². The maximum atomic E-state index is 11.8. The van der Waals surface area contributed by atoms with Gasteiger partial charge in [-0.1, -0.05) is 23.4 Å². The first-order valence-electron chi connectivity index (χ1n) is 7.49. The number of ether oxygens (including phenoxy) is 1. The fourth-order valence-electron chi connectivity index (χ4n) is 2.50. The molecule has 1 saturated heterocycles. The van der Waals surface area contributed by atoms with E-state index in [1.165, 1.54) is 7.11 Å². The molecule has 8 nitrogen and oxygen atoms in total. The summed E-state index contributed by atoms with van der Waals surface area (Å²) in [6.45, 7) is 1.20. The SMILES string of the molecule is [2H]Nc1nc(SCC(=O)O)nc([NH+]2CCCC(C(=O)OC)C2)c1Cl. The van der Waals surface area contributed by atoms with Gasteiger partial charge in [-0.15, -0.1) is 0 Å². The molecule has 2 heterocycles. The highest BCUT2D eigenvalue weighted by atomic mass is 35.5. The summed E-state index contributed by atoms with van der Waals surface area (Å²) < 4.78 is 12.1. The molecule has 10 heteroatoms. The van der Waals surface area contributed by atoms with Gasteiger partial charge in [-0.25, -0.2) is 4.98 Å². The van der Waals surface area contributed by atoms with Crippen molar-refractivity contribution in [1.29, 1.82) is 0 Å². The Morgan fingerprint density at radius 1 is 1.61 bits per heavy atom. The van der Waals surface area contributed by atoms with Gasteiger partial charge in [0.2, 0.25) is 0 Å². The van der Waals surface area contributed by atoms with Gasteiger partial charge in [0.05, 0.1) is 26.0 Å². The van der Waals surface area contributed by atoms with Crippen LogP contribution in [-0.4, -0.2) is 53.0 Å². The van der Waals surface area contributed by atoms with Gasteiger partial charge in [-0.3, -0.25) is 14.5 Å². The molecule has 0 bridgehead atoms. The second-order valence-electron chi connectivity index (χ2n) is 5.12. The molecule has 2 rings (SSSR count). The summed E-state index contributed by atoms with van der Waals surface area (Å²) in [6.07, 6.45) is 1.54. The third-order valence-corrected chi connectivity index (χ3v) is 4.74. The van der Waals surface area contributed by atoms with Crippen molar-refractivity contribution >= 4 is 46.9 Å². The molecule has 0 aliphatic carbocycles. The van der Waals surface area contributed by atoms with Gasteiger partial charge < -0.3 is 15.6 Å². The first-order chi connectivity index (χ1) is 11.5. The van der Waals surface area contributed by atoms with E-state index in [1.807, 2.05) is 0 Å². The number of anilines is 1. The van der Waals surface area contributed by atoms with E-state index in [0.29, 0.717) is 12.4 Å². The minimum absolute atomic E-state index is 0.113. The van der Waals surface area contributed by atoms with Crippen LogP contribution < -0.4 is 10.6 Å². The number of quaternary nitrogens is 1. The molecular weight excluding hydrogens is 344 g/mol. The van der Waals surface area contributed by atoms with Gasteiger partial charge in [0.15, 0.2) is 17.4 Å². The number of nitrogen functional groups attached to an aromatic ring is 1. The zero-order valence-corrected chi connectivity index (χ0v) is 14.0. The highest BCUT2D eigenvalue weighted by Gasteiger charge is 2.33. The van der Waals surface area contributed by atoms with Gasteiger partial charge >= 0.3 is 11.9 Å². The summed E-state index contributed by atoms with van der Waals surface area (Å²) in [6, 6.07) is 0. The van der Waals surface area contributed by atoms with Gasteiger partial charge in [0.25, 0.3) is 5.82 Å². The normalized spacial score (nSPS) is 21.4. The second-order valence-corrected chi connectivity index (χ2v) is 6.44. The van der Waals surface area contributed by atoms with Crippen molar-refractivity contribution < 1.29 is 25.7 Å². The Labute approximate surface area is 143 Å². The lowest BCUT2D eigenvalue weighted by Crippen LogP contribution is -3.09. The van der Waals surface area contributed by atoms with Gasteiger partial charge in [0.1, 0.15) is 5.92 Å². The van der Waals surface area contributed by atoms with Crippen LogP contribution in [0.3, 0.4) is 0 Å². The number of nitrogens with zero attached hydrogens (tertiary/aromatic N) is 2. The summed E-state index contributed by atoms with van der Waals surface area (Å²) in [5.74, 6) is -1.12. The number of piperidine rings is 1. The number of methoxy groups -OCH3 is 1. The number of aromatic nitrogens is 2. The summed E-state index contributed by atoms with van der Waals surface area (Å²) >= 11 is 7.22. The Balaban J connectivity index is 2.28. The molecule has 2 unspecified atom stereocenters. The van der Waals surface area contributed by atoms with Crippen molar-refractivity contribution in [2.45, 2.75) is 18.0 Å². The summed E-state index contributed by atoms with van der Waals surface area (Å²) in [5.41, 5.74) is 2.15. The molecule has 0 spiro atoms. The lowest BCUT2D eigenvalue weighted by Gasteiger charge is -2.27. The van der Waals surface area contributed by atoms with E-state index in [4.69, 9.17) is 22.9 Å². The Bertz CT molecular complexity index is 636. The topological polar surface area (TPSA) is 120 Å². The zero-order valence-electron chi connectivity index (χ0n) is 13.5. The number of carbonyl (C=O) groups is 2. The summed E-state index contributed by atoms with van der Waals surface area (Å²) in [7, 11) is 1.36. The van der Waals surface area contributed by atoms with Crippen LogP contribution in [0.4, 0.5) is 11.6 Å². The van der Waals surface area contributed by atoms with Crippen LogP contribution in [0.15, 0.2) is 5.16 Å². The van der Waals surface area contributed by atoms with Crippen LogP contribution in [-0.2, 0) is 14.3 Å². The predicted octanol–water partition coefficient (Wildman–Crippen LogP) is -0.0117. The van der Waals surface area contributed by atoms with E-state index in [0.717, 1.165) is 36.0 Å². The van der Waals surface area contributed by atoms with E-state index < -0.39 is 5.97 Å². The Hall–Kier alpha value is -1.58. The minimum atomic E-state index is -0.989. The summed E-state index contributed by atoms with van der Waals surface area (Å²) in [4.78, 5) is 31.8. The molecule has 1 aliphatic heterocycles. The van der Waals surface area contributed by atoms with Crippen LogP contribution in [0, 0.1) is 5.92 Å². The van der Waals surface area contributed by atoms with Crippen LogP contribution >= 0.6 is 23.4 Å². The Morgan fingerprint density at radius 2 is 2.39 bits per heavy atom. The molecule has 0 saturated carbocycles. The van der Waals surface area contributed by atoms with Crippen molar-refractivity contribution in [3.8, 4) is 0 Å². The number of nitrogens with one attached hydrogen (secondary N) is 1. The smallest absolute Gasteiger partial charge is 0.314 e. The highest BCUT2D eigenvalue weighted by Crippen LogP contribution is 2.26. The van der Waals surface area contributed by atoms with E-state index in [2.05, 4.69) is 15.7 Å². The molecular formula is C13H18ClN4O4S+. The van der Waals surface area contributed by atoms with Gasteiger partial charge in [0, 0.05) is 0 Å². The number of aliphatic carboxylic acids is 1. The maximum Gasteiger partial charge on any atom is 0.314 e. The number of rotatable bonds is 6. The molecule has 1 aromatic rings. The second kappa shape index (κ2) is 7.80. The van der Waals surface area contributed by atoms with Crippen molar-refractivity contribution in [1.82, 2.24) is 9.97 Å². The predicted molar refractivity (Wildman–Crippen MR) is 84.9 cm³/mol. The first-order valence-corrected chi connectivity index (χ1v) is 8.35. The van der Waals surface area contributed by atoms with Crippen molar-refractivity contribution in [3.63, 3.8) is 0 Å². The molecule has 4 N–H and O–H groups in total. The number of hydrogen-bond acceptors (Lipinski definition) is 7. The fourth-order valence-corrected chi connectivity index (χ4v) is 3.28. The number of carboxylic acids is 1. The number of carboxylic acid groups (broad SMARTS) is 1. The fraction of sp³-hybridized carbons (Fsp3) is 0.538. The number of esters is 1. The molecule has 0 aromatic carbocycles. The van der Waals surface area contributed by atoms with Crippen LogP contribution in [0.2, 0.25) is 6.43 Å². The van der Waals surface area contributed by atoms with E-state index in [9.17, 15) is 9.59 Å². The zero-order chi connectivity index (χ0) is 17.7. The van der Waals surface area contributed by atoms with Crippen LogP contribution in [0.25, 0.3) is 0 Å². The molecule has 23 heavy (non-hydrogen) atoms. The Morgan fingerprint density at radius 3 is 3.04 bits per heavy atom. The molecule has 1 aliphatic rings. The minimum Gasteiger partial charge on any atom is -0.481 e. The van der Waals surface area contributed by atoms with E-state index in [1.54, 1.807) is 0 Å². The number of carbonyl (C=O) groups excluding carboxylic acids is 1. The van der Waals surface area contributed by atoms with Crippen molar-refractivity contribution in [2.75, 3.05) is 31.7 Å². The molecule has 126 valence electrons. The largest absolute Gasteiger partial charge is 0.481 e. The monoisotopic (exact) mass is 362 g/mol. The number of halogens is 1. The molecule has 0 amide bonds. The average Bonchev–Trinajstić information content (AvgIpc) is 2.60. The number of thioether (sulfide) groups is 1. The van der Waals surface area contributed by atoms with Crippen molar-refractivity contribution in [2.24, 2.45) is 5.92 Å². The number of hydrogen-bond donors (Lipinski definition) is 3. The summed E-state index contributed by atoms with van der Waals surface area (Å²) in [5, 5.41) is 9.21. The molecule has 1 aromatic heterocycles. The number of nitrogens with two attached hydrogens (primary N) is 1. The highest BCUT2D eigenvalue weighted by molar-refractivity contribution is 7.99. The van der Waals surface area contributed by atoms with E-state index in [-0.39, 0.29) is 33.6 Å². The standard InChI is InChI=1S/C13H17ClN4O4S/c1-22-12(21)7-3-2-4-18(5-7)11-9(14)10(15)16-13(17-11)23-6-8(19)20/h7H,2-6H2,1H3,(H,19,20)(H2,15,16,17)/p+1/i/hD. The third kappa shape index (κ3) is 4.46.